The zero-order chi connectivity index (χ0) is 26.1. The van der Waals surface area contributed by atoms with E-state index in [4.69, 9.17) is 9.84 Å². The van der Waals surface area contributed by atoms with Gasteiger partial charge in [-0.3, -0.25) is 4.21 Å². The summed E-state index contributed by atoms with van der Waals surface area (Å²) in [4.78, 5) is 14.6. The summed E-state index contributed by atoms with van der Waals surface area (Å²) < 4.78 is 33.1. The molecule has 0 radical (unpaired) electrons. The Balaban J connectivity index is 2.18. The first-order valence-corrected chi connectivity index (χ1v) is 14.9. The molecule has 196 valence electrons. The van der Waals surface area contributed by atoms with Crippen LogP contribution in [0.2, 0.25) is 0 Å². The molecule has 1 N–H and O–H groups in total. The fraction of sp³-hybridized carbons (Fsp3) is 0.464. The molecule has 1 heterocycles. The number of aliphatic carboxylic acids is 1. The SMILES string of the molecule is CCCCC1(CCCC)CN(c2ccccc2)c2cc(SCC)c(O/C=C(\F)C(=O)O)cc2S(=O)C1. The van der Waals surface area contributed by atoms with Crippen molar-refractivity contribution in [2.45, 2.75) is 69.1 Å². The molecule has 2 aromatic carbocycles. The number of para-hydroxylation sites is 1. The maximum Gasteiger partial charge on any atom is 0.368 e. The second kappa shape index (κ2) is 13.3. The molecule has 0 spiro atoms. The molecular weight excluding hydrogens is 497 g/mol. The van der Waals surface area contributed by atoms with Gasteiger partial charge in [0.2, 0.25) is 5.83 Å². The van der Waals surface area contributed by atoms with Crippen LogP contribution in [0.4, 0.5) is 15.8 Å². The van der Waals surface area contributed by atoms with E-state index in [9.17, 15) is 13.4 Å². The smallest absolute Gasteiger partial charge is 0.368 e. The van der Waals surface area contributed by atoms with Crippen LogP contribution in [0.1, 0.15) is 59.3 Å². The van der Waals surface area contributed by atoms with Crippen molar-refractivity contribution in [3.05, 3.63) is 54.6 Å². The number of rotatable bonds is 12. The highest BCUT2D eigenvalue weighted by atomic mass is 32.2. The first-order valence-electron chi connectivity index (χ1n) is 12.6. The van der Waals surface area contributed by atoms with E-state index in [0.29, 0.717) is 22.7 Å². The van der Waals surface area contributed by atoms with E-state index in [1.165, 1.54) is 11.8 Å². The number of fused-ring (bicyclic) bond motifs is 1. The number of hydrogen-bond acceptors (Lipinski definition) is 5. The minimum atomic E-state index is -1.69. The monoisotopic (exact) mass is 533 g/mol. The predicted molar refractivity (Wildman–Crippen MR) is 147 cm³/mol. The van der Waals surface area contributed by atoms with Crippen molar-refractivity contribution in [1.29, 1.82) is 0 Å². The van der Waals surface area contributed by atoms with Crippen LogP contribution in [0.25, 0.3) is 0 Å². The lowest BCUT2D eigenvalue weighted by atomic mass is 9.79. The molecule has 5 nitrogen and oxygen atoms in total. The van der Waals surface area contributed by atoms with E-state index in [0.717, 1.165) is 67.1 Å². The minimum Gasteiger partial charge on any atom is -0.476 e. The molecule has 0 amide bonds. The molecule has 2 aromatic rings. The van der Waals surface area contributed by atoms with Gasteiger partial charge in [0.15, 0.2) is 0 Å². The summed E-state index contributed by atoms with van der Waals surface area (Å²) in [6, 6.07) is 13.8. The minimum absolute atomic E-state index is 0.111. The van der Waals surface area contributed by atoms with Crippen molar-refractivity contribution in [2.24, 2.45) is 5.41 Å². The van der Waals surface area contributed by atoms with Gasteiger partial charge in [0, 0.05) is 29.5 Å². The van der Waals surface area contributed by atoms with Gasteiger partial charge in [-0.1, -0.05) is 64.7 Å². The lowest BCUT2D eigenvalue weighted by Crippen LogP contribution is -2.37. The van der Waals surface area contributed by atoms with Gasteiger partial charge in [-0.25, -0.2) is 4.79 Å². The maximum absolute atomic E-state index is 13.9. The molecule has 8 heteroatoms. The zero-order valence-electron chi connectivity index (χ0n) is 21.3. The van der Waals surface area contributed by atoms with Crippen LogP contribution in [0.5, 0.6) is 5.75 Å². The fourth-order valence-electron chi connectivity index (χ4n) is 4.64. The lowest BCUT2D eigenvalue weighted by molar-refractivity contribution is -0.134. The largest absolute Gasteiger partial charge is 0.476 e. The number of carboxylic acid groups (broad SMARTS) is 1. The molecule has 1 unspecified atom stereocenters. The Kier molecular flexibility index (Phi) is 10.4. The molecule has 0 aliphatic carbocycles. The standard InChI is InChI=1S/C28H36FNO4S2/c1-4-7-14-28(15-8-5-2)19-30(21-12-10-9-11-13-21)23-16-25(35-6-3)24(17-26(23)36(33)20-28)34-18-22(29)27(31)32/h9-13,16-18H,4-8,14-15,19-20H2,1-3H3,(H,31,32)/b22-18-. The van der Waals surface area contributed by atoms with E-state index in [1.54, 1.807) is 6.07 Å². The predicted octanol–water partition coefficient (Wildman–Crippen LogP) is 7.70. The second-order valence-corrected chi connectivity index (χ2v) is 11.9. The normalized spacial score (nSPS) is 17.4. The van der Waals surface area contributed by atoms with Gasteiger partial charge in [-0.2, -0.15) is 4.39 Å². The Morgan fingerprint density at radius 1 is 1.17 bits per heavy atom. The number of hydrogen-bond donors (Lipinski definition) is 1. The molecule has 1 aliphatic heterocycles. The summed E-state index contributed by atoms with van der Waals surface area (Å²) in [6.07, 6.45) is 6.91. The summed E-state index contributed by atoms with van der Waals surface area (Å²) in [7, 11) is -1.31. The summed E-state index contributed by atoms with van der Waals surface area (Å²) in [5.41, 5.74) is 1.79. The average molecular weight is 534 g/mol. The Morgan fingerprint density at radius 2 is 1.83 bits per heavy atom. The first-order chi connectivity index (χ1) is 17.3. The summed E-state index contributed by atoms with van der Waals surface area (Å²) in [6.45, 7) is 7.14. The van der Waals surface area contributed by atoms with Crippen LogP contribution in [0.3, 0.4) is 0 Å². The maximum atomic E-state index is 13.9. The highest BCUT2D eigenvalue weighted by molar-refractivity contribution is 7.99. The van der Waals surface area contributed by atoms with Gasteiger partial charge in [0.25, 0.3) is 0 Å². The number of carbonyl (C=O) groups is 1. The van der Waals surface area contributed by atoms with E-state index in [2.05, 4.69) is 30.9 Å². The van der Waals surface area contributed by atoms with Crippen molar-refractivity contribution in [1.82, 2.24) is 0 Å². The van der Waals surface area contributed by atoms with Crippen LogP contribution < -0.4 is 9.64 Å². The summed E-state index contributed by atoms with van der Waals surface area (Å²) in [5, 5.41) is 8.88. The third-order valence-corrected chi connectivity index (χ3v) is 9.09. The Hall–Kier alpha value is -2.32. The Bertz CT molecular complexity index is 1080. The van der Waals surface area contributed by atoms with Crippen LogP contribution >= 0.6 is 11.8 Å². The summed E-state index contributed by atoms with van der Waals surface area (Å²) in [5.74, 6) is -1.48. The third-order valence-electron chi connectivity index (χ3n) is 6.47. The zero-order valence-corrected chi connectivity index (χ0v) is 22.9. The highest BCUT2D eigenvalue weighted by Crippen LogP contribution is 2.47. The molecule has 0 saturated carbocycles. The molecule has 1 atom stereocenters. The fourth-order valence-corrected chi connectivity index (χ4v) is 7.13. The van der Waals surface area contributed by atoms with Crippen LogP contribution in [-0.4, -0.2) is 33.3 Å². The third kappa shape index (κ3) is 6.91. The topological polar surface area (TPSA) is 66.8 Å². The first kappa shape index (κ1) is 28.3. The Labute approximate surface area is 220 Å². The molecule has 0 bridgehead atoms. The number of ether oxygens (including phenoxy) is 1. The van der Waals surface area contributed by atoms with E-state index in [1.807, 2.05) is 31.2 Å². The van der Waals surface area contributed by atoms with Gasteiger partial charge in [-0.15, -0.1) is 11.8 Å². The van der Waals surface area contributed by atoms with Crippen molar-refractivity contribution >= 4 is 39.9 Å². The van der Waals surface area contributed by atoms with Crippen LogP contribution in [0.15, 0.2) is 64.3 Å². The number of benzene rings is 2. The number of nitrogens with zero attached hydrogens (tertiary/aromatic N) is 1. The average Bonchev–Trinajstić information content (AvgIpc) is 2.99. The quantitative estimate of drug-likeness (QED) is 0.171. The van der Waals surface area contributed by atoms with Gasteiger partial charge < -0.3 is 14.7 Å². The van der Waals surface area contributed by atoms with Gasteiger partial charge in [-0.05, 0) is 36.8 Å². The van der Waals surface area contributed by atoms with Gasteiger partial charge in [0.1, 0.15) is 12.0 Å². The number of anilines is 2. The molecular formula is C28H36FNO4S2. The molecule has 1 aliphatic rings. The molecule has 0 fully saturated rings. The lowest BCUT2D eigenvalue weighted by Gasteiger charge is -2.37. The molecule has 36 heavy (non-hydrogen) atoms. The van der Waals surface area contributed by atoms with Crippen LogP contribution in [0, 0.1) is 5.41 Å². The Morgan fingerprint density at radius 3 is 2.42 bits per heavy atom. The highest BCUT2D eigenvalue weighted by Gasteiger charge is 2.39. The second-order valence-electron chi connectivity index (χ2n) is 9.21. The van der Waals surface area contributed by atoms with Crippen LogP contribution in [-0.2, 0) is 15.6 Å². The van der Waals surface area contributed by atoms with Crippen molar-refractivity contribution in [3.8, 4) is 5.75 Å². The van der Waals surface area contributed by atoms with E-state index >= 15 is 0 Å². The number of carboxylic acids is 1. The number of thioether (sulfide) groups is 1. The van der Waals surface area contributed by atoms with Gasteiger partial charge >= 0.3 is 5.97 Å². The molecule has 3 rings (SSSR count). The van der Waals surface area contributed by atoms with Crippen molar-refractivity contribution in [3.63, 3.8) is 0 Å². The summed E-state index contributed by atoms with van der Waals surface area (Å²) >= 11 is 1.52. The van der Waals surface area contributed by atoms with Crippen molar-refractivity contribution < 1.29 is 23.2 Å². The molecule has 0 aromatic heterocycles. The number of halogens is 1. The van der Waals surface area contributed by atoms with E-state index < -0.39 is 22.6 Å². The number of unbranched alkanes of at least 4 members (excludes halogenated alkanes) is 2. The molecule has 0 saturated heterocycles. The van der Waals surface area contributed by atoms with Gasteiger partial charge in [0.05, 0.1) is 26.3 Å². The van der Waals surface area contributed by atoms with Crippen molar-refractivity contribution in [2.75, 3.05) is 23.0 Å². The van der Waals surface area contributed by atoms with E-state index in [-0.39, 0.29) is 5.41 Å².